The molecule has 1 saturated heterocycles. The maximum Gasteiger partial charge on any atom is 0.325 e. The van der Waals surface area contributed by atoms with Crippen LogP contribution in [0.4, 0.5) is 14.9 Å². The molecule has 1 spiro atoms. The van der Waals surface area contributed by atoms with Crippen molar-refractivity contribution >= 4 is 29.4 Å². The quantitative estimate of drug-likeness (QED) is 0.686. The molecule has 0 unspecified atom stereocenters. The molecule has 0 bridgehead atoms. The SMILES string of the molecule is C[C@H]1CCC[C@H](C)C12NC(=O)N(CC(=O)N(CCC(N)=O)c1ccc(F)cc1)C2=O. The highest BCUT2D eigenvalue weighted by Crippen LogP contribution is 2.42. The Morgan fingerprint density at radius 1 is 1.20 bits per heavy atom. The van der Waals surface area contributed by atoms with Gasteiger partial charge < -0.3 is 16.0 Å². The number of imide groups is 1. The molecule has 30 heavy (non-hydrogen) atoms. The van der Waals surface area contributed by atoms with Gasteiger partial charge in [0.25, 0.3) is 5.91 Å². The highest BCUT2D eigenvalue weighted by Gasteiger charge is 2.58. The lowest BCUT2D eigenvalue weighted by atomic mass is 9.67. The van der Waals surface area contributed by atoms with Gasteiger partial charge in [-0.1, -0.05) is 20.3 Å². The number of amides is 5. The van der Waals surface area contributed by atoms with Crippen molar-refractivity contribution in [3.8, 4) is 0 Å². The summed E-state index contributed by atoms with van der Waals surface area (Å²) in [5, 5.41) is 2.85. The lowest BCUT2D eigenvalue weighted by Gasteiger charge is -2.42. The van der Waals surface area contributed by atoms with Crippen LogP contribution in [0.25, 0.3) is 0 Å². The number of halogens is 1. The maximum absolute atomic E-state index is 13.3. The number of nitrogens with one attached hydrogen (secondary N) is 1. The van der Waals surface area contributed by atoms with Crippen LogP contribution in [-0.2, 0) is 14.4 Å². The van der Waals surface area contributed by atoms with Crippen LogP contribution < -0.4 is 16.0 Å². The second kappa shape index (κ2) is 8.41. The van der Waals surface area contributed by atoms with Crippen molar-refractivity contribution < 1.29 is 23.6 Å². The van der Waals surface area contributed by atoms with E-state index in [0.717, 1.165) is 24.2 Å². The van der Waals surface area contributed by atoms with Gasteiger partial charge >= 0.3 is 6.03 Å². The molecule has 0 radical (unpaired) electrons. The number of hydrogen-bond donors (Lipinski definition) is 2. The molecule has 5 amide bonds. The van der Waals surface area contributed by atoms with E-state index in [1.54, 1.807) is 0 Å². The Hall–Kier alpha value is -2.97. The van der Waals surface area contributed by atoms with Gasteiger partial charge in [0.2, 0.25) is 11.8 Å². The molecular formula is C21H27FN4O4. The summed E-state index contributed by atoms with van der Waals surface area (Å²) < 4.78 is 13.3. The average Bonchev–Trinajstić information content (AvgIpc) is 2.93. The van der Waals surface area contributed by atoms with Crippen LogP contribution in [0.2, 0.25) is 0 Å². The number of carbonyl (C=O) groups excluding carboxylic acids is 4. The number of rotatable bonds is 6. The fourth-order valence-corrected chi connectivity index (χ4v) is 4.56. The maximum atomic E-state index is 13.3. The Balaban J connectivity index is 1.82. The molecule has 2 aliphatic rings. The number of nitrogens with zero attached hydrogens (tertiary/aromatic N) is 2. The van der Waals surface area contributed by atoms with Crippen molar-refractivity contribution in [3.63, 3.8) is 0 Å². The number of urea groups is 1. The van der Waals surface area contributed by atoms with Gasteiger partial charge in [0.1, 0.15) is 17.9 Å². The fourth-order valence-electron chi connectivity index (χ4n) is 4.56. The minimum absolute atomic E-state index is 0.0403. The van der Waals surface area contributed by atoms with Crippen molar-refractivity contribution in [1.29, 1.82) is 0 Å². The monoisotopic (exact) mass is 418 g/mol. The smallest absolute Gasteiger partial charge is 0.325 e. The molecule has 1 heterocycles. The van der Waals surface area contributed by atoms with E-state index in [-0.39, 0.29) is 24.8 Å². The summed E-state index contributed by atoms with van der Waals surface area (Å²) in [5.41, 5.74) is 4.56. The highest BCUT2D eigenvalue weighted by atomic mass is 19.1. The fraction of sp³-hybridized carbons (Fsp3) is 0.524. The minimum Gasteiger partial charge on any atom is -0.370 e. The van der Waals surface area contributed by atoms with Crippen molar-refractivity contribution in [2.45, 2.75) is 45.1 Å². The summed E-state index contributed by atoms with van der Waals surface area (Å²) in [4.78, 5) is 52.4. The van der Waals surface area contributed by atoms with Gasteiger partial charge in [0.15, 0.2) is 0 Å². The van der Waals surface area contributed by atoms with E-state index >= 15 is 0 Å². The molecule has 2 fully saturated rings. The van der Waals surface area contributed by atoms with Crippen LogP contribution in [0.3, 0.4) is 0 Å². The van der Waals surface area contributed by atoms with E-state index in [9.17, 15) is 23.6 Å². The number of carbonyl (C=O) groups is 4. The number of primary amides is 1. The zero-order chi connectivity index (χ0) is 22.1. The molecule has 3 rings (SSSR count). The Labute approximate surface area is 174 Å². The number of nitrogens with two attached hydrogens (primary N) is 1. The number of benzene rings is 1. The molecule has 2 atom stereocenters. The molecular weight excluding hydrogens is 391 g/mol. The van der Waals surface area contributed by atoms with Crippen LogP contribution in [-0.4, -0.2) is 47.3 Å². The van der Waals surface area contributed by atoms with E-state index in [2.05, 4.69) is 5.32 Å². The van der Waals surface area contributed by atoms with Crippen LogP contribution >= 0.6 is 0 Å². The Kier molecular flexibility index (Phi) is 6.09. The molecule has 1 saturated carbocycles. The summed E-state index contributed by atoms with van der Waals surface area (Å²) in [6, 6.07) is 4.57. The Morgan fingerprint density at radius 2 is 1.80 bits per heavy atom. The van der Waals surface area contributed by atoms with Crippen LogP contribution in [0.1, 0.15) is 39.5 Å². The van der Waals surface area contributed by atoms with Crippen LogP contribution in [0, 0.1) is 17.7 Å². The van der Waals surface area contributed by atoms with Gasteiger partial charge in [0, 0.05) is 18.7 Å². The topological polar surface area (TPSA) is 113 Å². The predicted molar refractivity (Wildman–Crippen MR) is 108 cm³/mol. The zero-order valence-electron chi connectivity index (χ0n) is 17.2. The third-order valence-corrected chi connectivity index (χ3v) is 6.30. The predicted octanol–water partition coefficient (Wildman–Crippen LogP) is 1.78. The van der Waals surface area contributed by atoms with Crippen LogP contribution in [0.15, 0.2) is 24.3 Å². The molecule has 1 aliphatic heterocycles. The first-order valence-electron chi connectivity index (χ1n) is 10.1. The van der Waals surface area contributed by atoms with Gasteiger partial charge in [-0.3, -0.25) is 19.3 Å². The zero-order valence-corrected chi connectivity index (χ0v) is 17.2. The molecule has 162 valence electrons. The van der Waals surface area contributed by atoms with E-state index in [1.165, 1.54) is 29.2 Å². The van der Waals surface area contributed by atoms with Crippen LogP contribution in [0.5, 0.6) is 0 Å². The molecule has 8 nitrogen and oxygen atoms in total. The lowest BCUT2D eigenvalue weighted by molar-refractivity contribution is -0.138. The first-order chi connectivity index (χ1) is 14.2. The van der Waals surface area contributed by atoms with E-state index in [4.69, 9.17) is 5.73 Å². The second-order valence-electron chi connectivity index (χ2n) is 8.16. The molecule has 1 aliphatic carbocycles. The summed E-state index contributed by atoms with van der Waals surface area (Å²) in [6.07, 6.45) is 2.51. The summed E-state index contributed by atoms with van der Waals surface area (Å²) in [6.45, 7) is 3.37. The summed E-state index contributed by atoms with van der Waals surface area (Å²) in [7, 11) is 0. The van der Waals surface area contributed by atoms with E-state index in [1.807, 2.05) is 13.8 Å². The number of hydrogen-bond acceptors (Lipinski definition) is 4. The molecule has 9 heteroatoms. The third-order valence-electron chi connectivity index (χ3n) is 6.30. The second-order valence-corrected chi connectivity index (χ2v) is 8.16. The van der Waals surface area contributed by atoms with Gasteiger partial charge in [-0.2, -0.15) is 0 Å². The lowest BCUT2D eigenvalue weighted by Crippen LogP contribution is -2.59. The average molecular weight is 418 g/mol. The molecule has 3 N–H and O–H groups in total. The normalized spacial score (nSPS) is 22.8. The first-order valence-corrected chi connectivity index (χ1v) is 10.1. The molecule has 0 aromatic heterocycles. The highest BCUT2D eigenvalue weighted by molar-refractivity contribution is 6.10. The van der Waals surface area contributed by atoms with Gasteiger partial charge in [-0.05, 0) is 48.9 Å². The molecule has 1 aromatic rings. The van der Waals surface area contributed by atoms with Crippen molar-refractivity contribution in [2.75, 3.05) is 18.0 Å². The standard InChI is InChI=1S/C21H27FN4O4/c1-13-4-3-5-14(2)21(13)19(29)26(20(30)24-21)12-18(28)25(11-10-17(23)27)16-8-6-15(22)7-9-16/h6-9,13-14H,3-5,10-12H2,1-2H3,(H2,23,27)(H,24,30)/t13-,14-/m0/s1. The van der Waals surface area contributed by atoms with Gasteiger partial charge in [0.05, 0.1) is 0 Å². The van der Waals surface area contributed by atoms with Crippen molar-refractivity contribution in [2.24, 2.45) is 17.6 Å². The summed E-state index contributed by atoms with van der Waals surface area (Å²) >= 11 is 0. The summed E-state index contributed by atoms with van der Waals surface area (Å²) in [5.74, 6) is -2.11. The Morgan fingerprint density at radius 3 is 2.37 bits per heavy atom. The van der Waals surface area contributed by atoms with E-state index < -0.39 is 41.7 Å². The Bertz CT molecular complexity index is 847. The van der Waals surface area contributed by atoms with Crippen molar-refractivity contribution in [3.05, 3.63) is 30.1 Å². The van der Waals surface area contributed by atoms with Gasteiger partial charge in [-0.25, -0.2) is 9.18 Å². The number of anilines is 1. The van der Waals surface area contributed by atoms with Gasteiger partial charge in [-0.15, -0.1) is 0 Å². The van der Waals surface area contributed by atoms with E-state index in [0.29, 0.717) is 5.69 Å². The largest absolute Gasteiger partial charge is 0.370 e. The minimum atomic E-state index is -0.996. The third kappa shape index (κ3) is 3.88. The molecule has 1 aromatic carbocycles. The van der Waals surface area contributed by atoms with Crippen molar-refractivity contribution in [1.82, 2.24) is 10.2 Å². The first kappa shape index (κ1) is 21.7.